The molecule has 1 aromatic rings. The minimum atomic E-state index is 0.0776. The van der Waals surface area contributed by atoms with Crippen LogP contribution in [0.25, 0.3) is 0 Å². The van der Waals surface area contributed by atoms with E-state index in [-0.39, 0.29) is 5.84 Å². The summed E-state index contributed by atoms with van der Waals surface area (Å²) in [6, 6.07) is 6.45. The summed E-state index contributed by atoms with van der Waals surface area (Å²) in [6.45, 7) is 6.57. The number of hydrogen-bond donors (Lipinski definition) is 2. The summed E-state index contributed by atoms with van der Waals surface area (Å²) in [6.07, 6.45) is 2.54. The van der Waals surface area contributed by atoms with Gasteiger partial charge in [0.15, 0.2) is 5.84 Å². The van der Waals surface area contributed by atoms with Gasteiger partial charge in [-0.25, -0.2) is 0 Å². The highest BCUT2D eigenvalue weighted by molar-refractivity contribution is 5.99. The van der Waals surface area contributed by atoms with E-state index in [1.54, 1.807) is 7.11 Å². The number of hydrogen-bond acceptors (Lipinski definition) is 4. The fourth-order valence-corrected chi connectivity index (χ4v) is 2.94. The quantitative estimate of drug-likeness (QED) is 0.387. The first-order chi connectivity index (χ1) is 10.0. The molecule has 3 N–H and O–H groups in total. The molecular formula is C16H25N3O2. The zero-order valence-corrected chi connectivity index (χ0v) is 13.0. The SMILES string of the molecule is COc1ccc(CN2CC(C)CCC2C)cc1C(N)=NO. The van der Waals surface area contributed by atoms with Gasteiger partial charge in [-0.3, -0.25) is 4.90 Å². The van der Waals surface area contributed by atoms with Gasteiger partial charge >= 0.3 is 0 Å². The van der Waals surface area contributed by atoms with Crippen molar-refractivity contribution in [2.75, 3.05) is 13.7 Å². The molecule has 0 aliphatic carbocycles. The highest BCUT2D eigenvalue weighted by Crippen LogP contribution is 2.25. The van der Waals surface area contributed by atoms with Crippen LogP contribution in [0.15, 0.2) is 23.4 Å². The van der Waals surface area contributed by atoms with Gasteiger partial charge in [0.2, 0.25) is 0 Å². The molecule has 2 atom stereocenters. The number of benzene rings is 1. The van der Waals surface area contributed by atoms with Crippen LogP contribution in [-0.4, -0.2) is 35.6 Å². The number of ether oxygens (including phenoxy) is 1. The first-order valence-electron chi connectivity index (χ1n) is 7.44. The summed E-state index contributed by atoms with van der Waals surface area (Å²) in [4.78, 5) is 2.49. The summed E-state index contributed by atoms with van der Waals surface area (Å²) in [5.41, 5.74) is 7.51. The van der Waals surface area contributed by atoms with Crippen LogP contribution in [0.3, 0.4) is 0 Å². The Labute approximate surface area is 126 Å². The van der Waals surface area contributed by atoms with Crippen LogP contribution in [-0.2, 0) is 6.54 Å². The standard InChI is InChI=1S/C16H25N3O2/c1-11-4-5-12(2)19(9-11)10-13-6-7-15(21-3)14(8-13)16(17)18-20/h6-8,11-12,20H,4-5,9-10H2,1-3H3,(H2,17,18). The number of likely N-dealkylation sites (tertiary alicyclic amines) is 1. The molecule has 5 heteroatoms. The Kier molecular flexibility index (Phi) is 5.07. The number of methoxy groups -OCH3 is 1. The van der Waals surface area contributed by atoms with Crippen LogP contribution in [0.2, 0.25) is 0 Å². The lowest BCUT2D eigenvalue weighted by Crippen LogP contribution is -2.40. The van der Waals surface area contributed by atoms with Gasteiger partial charge in [-0.1, -0.05) is 18.1 Å². The van der Waals surface area contributed by atoms with Crippen LogP contribution in [0.1, 0.15) is 37.8 Å². The normalized spacial score (nSPS) is 24.0. The van der Waals surface area contributed by atoms with Crippen molar-refractivity contribution in [3.8, 4) is 5.75 Å². The Bertz CT molecular complexity index is 516. The number of nitrogens with zero attached hydrogens (tertiary/aromatic N) is 2. The van der Waals surface area contributed by atoms with Crippen molar-refractivity contribution in [3.63, 3.8) is 0 Å². The van der Waals surface area contributed by atoms with Gasteiger partial charge < -0.3 is 15.7 Å². The molecule has 116 valence electrons. The van der Waals surface area contributed by atoms with E-state index in [1.165, 1.54) is 12.8 Å². The van der Waals surface area contributed by atoms with Crippen LogP contribution in [0, 0.1) is 5.92 Å². The molecule has 5 nitrogen and oxygen atoms in total. The molecule has 1 fully saturated rings. The number of nitrogens with two attached hydrogens (primary N) is 1. The van der Waals surface area contributed by atoms with Crippen molar-refractivity contribution >= 4 is 5.84 Å². The highest BCUT2D eigenvalue weighted by atomic mass is 16.5. The van der Waals surface area contributed by atoms with Gasteiger partial charge in [-0.15, -0.1) is 0 Å². The third-order valence-electron chi connectivity index (χ3n) is 4.28. The zero-order valence-electron chi connectivity index (χ0n) is 13.0. The predicted molar refractivity (Wildman–Crippen MR) is 83.8 cm³/mol. The lowest BCUT2D eigenvalue weighted by Gasteiger charge is -2.36. The van der Waals surface area contributed by atoms with Crippen molar-refractivity contribution < 1.29 is 9.94 Å². The second kappa shape index (κ2) is 6.80. The lowest BCUT2D eigenvalue weighted by atomic mass is 9.94. The number of rotatable bonds is 4. The summed E-state index contributed by atoms with van der Waals surface area (Å²) >= 11 is 0. The van der Waals surface area contributed by atoms with Crippen molar-refractivity contribution in [1.29, 1.82) is 0 Å². The van der Waals surface area contributed by atoms with E-state index in [4.69, 9.17) is 15.7 Å². The van der Waals surface area contributed by atoms with E-state index >= 15 is 0 Å². The highest BCUT2D eigenvalue weighted by Gasteiger charge is 2.23. The first-order valence-corrected chi connectivity index (χ1v) is 7.44. The molecule has 0 bridgehead atoms. The average molecular weight is 291 g/mol. The van der Waals surface area contributed by atoms with Crippen LogP contribution in [0.5, 0.6) is 5.75 Å². The molecule has 21 heavy (non-hydrogen) atoms. The van der Waals surface area contributed by atoms with E-state index in [1.807, 2.05) is 18.2 Å². The average Bonchev–Trinajstić information content (AvgIpc) is 2.50. The molecule has 1 saturated heterocycles. The third-order valence-corrected chi connectivity index (χ3v) is 4.28. The smallest absolute Gasteiger partial charge is 0.173 e. The van der Waals surface area contributed by atoms with E-state index < -0.39 is 0 Å². The fraction of sp³-hybridized carbons (Fsp3) is 0.562. The van der Waals surface area contributed by atoms with Crippen molar-refractivity contribution in [1.82, 2.24) is 4.90 Å². The fourth-order valence-electron chi connectivity index (χ4n) is 2.94. The van der Waals surface area contributed by atoms with E-state index in [0.29, 0.717) is 17.4 Å². The molecule has 0 saturated carbocycles. The van der Waals surface area contributed by atoms with E-state index in [0.717, 1.165) is 24.6 Å². The van der Waals surface area contributed by atoms with E-state index in [9.17, 15) is 0 Å². The van der Waals surface area contributed by atoms with Crippen molar-refractivity contribution in [3.05, 3.63) is 29.3 Å². The van der Waals surface area contributed by atoms with Crippen LogP contribution >= 0.6 is 0 Å². The molecule has 0 radical (unpaired) electrons. The van der Waals surface area contributed by atoms with Gasteiger partial charge in [0.25, 0.3) is 0 Å². The molecule has 1 heterocycles. The Morgan fingerprint density at radius 3 is 2.86 bits per heavy atom. The van der Waals surface area contributed by atoms with Gasteiger partial charge in [0, 0.05) is 19.1 Å². The maximum absolute atomic E-state index is 8.89. The molecule has 1 aromatic carbocycles. The number of piperidine rings is 1. The minimum absolute atomic E-state index is 0.0776. The topological polar surface area (TPSA) is 71.1 Å². The molecule has 0 spiro atoms. The molecule has 0 amide bonds. The predicted octanol–water partition coefficient (Wildman–Crippen LogP) is 2.41. The minimum Gasteiger partial charge on any atom is -0.496 e. The summed E-state index contributed by atoms with van der Waals surface area (Å²) in [5, 5.41) is 12.0. The largest absolute Gasteiger partial charge is 0.496 e. The summed E-state index contributed by atoms with van der Waals surface area (Å²) in [5.74, 6) is 1.44. The molecule has 0 aromatic heterocycles. The summed E-state index contributed by atoms with van der Waals surface area (Å²) < 4.78 is 5.27. The molecule has 2 unspecified atom stereocenters. The number of amidine groups is 1. The Hall–Kier alpha value is -1.75. The van der Waals surface area contributed by atoms with Gasteiger partial charge in [0.1, 0.15) is 5.75 Å². The maximum atomic E-state index is 8.89. The van der Waals surface area contributed by atoms with E-state index in [2.05, 4.69) is 23.9 Å². The lowest BCUT2D eigenvalue weighted by molar-refractivity contribution is 0.117. The molecule has 1 aliphatic rings. The van der Waals surface area contributed by atoms with Gasteiger partial charge in [0.05, 0.1) is 12.7 Å². The second-order valence-corrected chi connectivity index (χ2v) is 5.98. The number of oxime groups is 1. The molecular weight excluding hydrogens is 266 g/mol. The van der Waals surface area contributed by atoms with Gasteiger partial charge in [-0.2, -0.15) is 0 Å². The Morgan fingerprint density at radius 2 is 2.19 bits per heavy atom. The third kappa shape index (κ3) is 3.67. The van der Waals surface area contributed by atoms with Crippen molar-refractivity contribution in [2.45, 2.75) is 39.3 Å². The maximum Gasteiger partial charge on any atom is 0.173 e. The first kappa shape index (κ1) is 15.6. The molecule has 1 aliphatic heterocycles. The zero-order chi connectivity index (χ0) is 15.4. The van der Waals surface area contributed by atoms with Crippen LogP contribution in [0.4, 0.5) is 0 Å². The summed E-state index contributed by atoms with van der Waals surface area (Å²) in [7, 11) is 1.58. The Morgan fingerprint density at radius 1 is 1.43 bits per heavy atom. The van der Waals surface area contributed by atoms with Crippen molar-refractivity contribution in [2.24, 2.45) is 16.8 Å². The van der Waals surface area contributed by atoms with Gasteiger partial charge in [-0.05, 0) is 43.4 Å². The van der Waals surface area contributed by atoms with Crippen LogP contribution < -0.4 is 10.5 Å². The second-order valence-electron chi connectivity index (χ2n) is 5.98. The monoisotopic (exact) mass is 291 g/mol. The molecule has 2 rings (SSSR count). The Balaban J connectivity index is 2.20.